The van der Waals surface area contributed by atoms with Crippen LogP contribution in [0, 0.1) is 10.1 Å². The van der Waals surface area contributed by atoms with Crippen LogP contribution in [0.3, 0.4) is 0 Å². The number of nitro groups is 1. The van der Waals surface area contributed by atoms with Gasteiger partial charge in [-0.3, -0.25) is 19.7 Å². The lowest BCUT2D eigenvalue weighted by Crippen LogP contribution is -2.16. The molecule has 0 heterocycles. The van der Waals surface area contributed by atoms with Crippen molar-refractivity contribution in [2.45, 2.75) is 0 Å². The summed E-state index contributed by atoms with van der Waals surface area (Å²) in [6, 6.07) is 16.7. The van der Waals surface area contributed by atoms with Gasteiger partial charge in [0.15, 0.2) is 5.78 Å². The van der Waals surface area contributed by atoms with Gasteiger partial charge in [0.25, 0.3) is 11.6 Å². The van der Waals surface area contributed by atoms with E-state index in [0.717, 1.165) is 6.07 Å². The Morgan fingerprint density at radius 1 is 0.867 bits per heavy atom. The molecule has 0 saturated carbocycles. The number of methoxy groups -OCH3 is 2. The van der Waals surface area contributed by atoms with Gasteiger partial charge in [-0.05, 0) is 18.2 Å². The second kappa shape index (κ2) is 8.87. The van der Waals surface area contributed by atoms with E-state index in [9.17, 15) is 19.7 Å². The molecule has 0 aliphatic heterocycles. The molecule has 8 heteroatoms. The van der Waals surface area contributed by atoms with E-state index in [2.05, 4.69) is 5.32 Å². The Hall–Kier alpha value is -4.20. The average molecular weight is 406 g/mol. The number of rotatable bonds is 7. The first kappa shape index (κ1) is 20.5. The van der Waals surface area contributed by atoms with Gasteiger partial charge in [-0.15, -0.1) is 0 Å². The molecule has 0 aliphatic carbocycles. The first-order valence-corrected chi connectivity index (χ1v) is 8.85. The number of ketones is 1. The van der Waals surface area contributed by atoms with Crippen LogP contribution < -0.4 is 14.8 Å². The van der Waals surface area contributed by atoms with Crippen LogP contribution in [0.2, 0.25) is 0 Å². The number of amides is 1. The molecule has 0 atom stereocenters. The molecule has 152 valence electrons. The van der Waals surface area contributed by atoms with E-state index in [0.29, 0.717) is 17.1 Å². The van der Waals surface area contributed by atoms with Crippen LogP contribution in [-0.2, 0) is 0 Å². The molecular formula is C22H18N2O6. The summed E-state index contributed by atoms with van der Waals surface area (Å²) in [6.07, 6.45) is 0. The van der Waals surface area contributed by atoms with E-state index < -0.39 is 16.6 Å². The lowest BCUT2D eigenvalue weighted by atomic mass is 10.0. The standard InChI is InChI=1S/C22H18N2O6/c1-29-17-10-15(11-18(13-17)30-2)22(26)23-20-9-8-16(24(27)28)12-19(20)21(25)14-6-4-3-5-7-14/h3-13H,1-2H3,(H,23,26). The van der Waals surface area contributed by atoms with Gasteiger partial charge in [-0.1, -0.05) is 30.3 Å². The van der Waals surface area contributed by atoms with Crippen molar-refractivity contribution in [1.82, 2.24) is 0 Å². The van der Waals surface area contributed by atoms with Crippen LogP contribution in [0.25, 0.3) is 0 Å². The Morgan fingerprint density at radius 2 is 1.50 bits per heavy atom. The molecule has 1 amide bonds. The van der Waals surface area contributed by atoms with E-state index in [1.165, 1.54) is 38.5 Å². The zero-order valence-corrected chi connectivity index (χ0v) is 16.2. The number of carbonyl (C=O) groups is 2. The Morgan fingerprint density at radius 3 is 2.07 bits per heavy atom. The maximum absolute atomic E-state index is 12.9. The smallest absolute Gasteiger partial charge is 0.270 e. The highest BCUT2D eigenvalue weighted by molar-refractivity contribution is 6.15. The van der Waals surface area contributed by atoms with Crippen LogP contribution in [0.1, 0.15) is 26.3 Å². The Balaban J connectivity index is 2.00. The fraction of sp³-hybridized carbons (Fsp3) is 0.0909. The lowest BCUT2D eigenvalue weighted by molar-refractivity contribution is -0.384. The summed E-state index contributed by atoms with van der Waals surface area (Å²) in [5, 5.41) is 13.8. The average Bonchev–Trinajstić information content (AvgIpc) is 2.78. The van der Waals surface area contributed by atoms with Gasteiger partial charge >= 0.3 is 0 Å². The number of benzene rings is 3. The number of nitrogens with zero attached hydrogens (tertiary/aromatic N) is 1. The number of carbonyl (C=O) groups excluding carboxylic acids is 2. The number of non-ortho nitro benzene ring substituents is 1. The molecular weight excluding hydrogens is 388 g/mol. The molecule has 30 heavy (non-hydrogen) atoms. The summed E-state index contributed by atoms with van der Waals surface area (Å²) in [4.78, 5) is 36.4. The molecule has 0 unspecified atom stereocenters. The molecule has 0 aliphatic rings. The Kier molecular flexibility index (Phi) is 6.07. The van der Waals surface area contributed by atoms with Gasteiger partial charge in [0, 0.05) is 29.3 Å². The fourth-order valence-corrected chi connectivity index (χ4v) is 2.82. The molecule has 0 aromatic heterocycles. The molecule has 8 nitrogen and oxygen atoms in total. The van der Waals surface area contributed by atoms with Crippen molar-refractivity contribution in [2.24, 2.45) is 0 Å². The van der Waals surface area contributed by atoms with Crippen molar-refractivity contribution < 1.29 is 24.0 Å². The third-order valence-corrected chi connectivity index (χ3v) is 4.36. The van der Waals surface area contributed by atoms with Crippen LogP contribution in [-0.4, -0.2) is 30.8 Å². The molecule has 0 radical (unpaired) electrons. The first-order valence-electron chi connectivity index (χ1n) is 8.85. The van der Waals surface area contributed by atoms with Crippen LogP contribution in [0.4, 0.5) is 11.4 Å². The lowest BCUT2D eigenvalue weighted by Gasteiger charge is -2.12. The highest BCUT2D eigenvalue weighted by Gasteiger charge is 2.20. The number of nitrogens with one attached hydrogen (secondary N) is 1. The molecule has 0 fully saturated rings. The van der Waals surface area contributed by atoms with E-state index in [1.54, 1.807) is 36.4 Å². The second-order valence-electron chi connectivity index (χ2n) is 6.24. The van der Waals surface area contributed by atoms with Crippen molar-refractivity contribution >= 4 is 23.1 Å². The summed E-state index contributed by atoms with van der Waals surface area (Å²) in [6.45, 7) is 0. The number of ether oxygens (including phenoxy) is 2. The molecule has 3 aromatic carbocycles. The van der Waals surface area contributed by atoms with Gasteiger partial charge < -0.3 is 14.8 Å². The predicted octanol–water partition coefficient (Wildman–Crippen LogP) is 4.10. The Labute approximate surface area is 172 Å². The topological polar surface area (TPSA) is 108 Å². The zero-order chi connectivity index (χ0) is 21.7. The van der Waals surface area contributed by atoms with Crippen molar-refractivity contribution in [3.05, 3.63) is 93.5 Å². The monoisotopic (exact) mass is 406 g/mol. The maximum atomic E-state index is 12.9. The van der Waals surface area contributed by atoms with Crippen molar-refractivity contribution in [3.8, 4) is 11.5 Å². The third-order valence-electron chi connectivity index (χ3n) is 4.36. The number of hydrogen-bond donors (Lipinski definition) is 1. The number of nitro benzene ring substituents is 1. The van der Waals surface area contributed by atoms with Crippen LogP contribution in [0.15, 0.2) is 66.7 Å². The molecule has 0 bridgehead atoms. The fourth-order valence-electron chi connectivity index (χ4n) is 2.82. The van der Waals surface area contributed by atoms with Gasteiger partial charge in [0.2, 0.25) is 0 Å². The van der Waals surface area contributed by atoms with E-state index in [-0.39, 0.29) is 22.5 Å². The molecule has 0 saturated heterocycles. The normalized spacial score (nSPS) is 10.2. The first-order chi connectivity index (χ1) is 14.4. The molecule has 1 N–H and O–H groups in total. The van der Waals surface area contributed by atoms with Gasteiger partial charge in [-0.25, -0.2) is 0 Å². The molecule has 3 aromatic rings. The third kappa shape index (κ3) is 4.44. The quantitative estimate of drug-likeness (QED) is 0.360. The summed E-state index contributed by atoms with van der Waals surface area (Å²) in [5.41, 5.74) is 0.495. The van der Waals surface area contributed by atoms with Gasteiger partial charge in [0.1, 0.15) is 11.5 Å². The minimum Gasteiger partial charge on any atom is -0.497 e. The van der Waals surface area contributed by atoms with Crippen molar-refractivity contribution in [1.29, 1.82) is 0 Å². The predicted molar refractivity (Wildman–Crippen MR) is 110 cm³/mol. The summed E-state index contributed by atoms with van der Waals surface area (Å²) < 4.78 is 10.3. The Bertz CT molecular complexity index is 1090. The maximum Gasteiger partial charge on any atom is 0.270 e. The molecule has 3 rings (SSSR count). The highest BCUT2D eigenvalue weighted by Crippen LogP contribution is 2.27. The summed E-state index contributed by atoms with van der Waals surface area (Å²) in [7, 11) is 2.92. The van der Waals surface area contributed by atoms with E-state index in [1.807, 2.05) is 0 Å². The van der Waals surface area contributed by atoms with Crippen LogP contribution >= 0.6 is 0 Å². The van der Waals surface area contributed by atoms with Crippen molar-refractivity contribution in [3.63, 3.8) is 0 Å². The van der Waals surface area contributed by atoms with Crippen LogP contribution in [0.5, 0.6) is 11.5 Å². The highest BCUT2D eigenvalue weighted by atomic mass is 16.6. The number of hydrogen-bond acceptors (Lipinski definition) is 6. The minimum atomic E-state index is -0.597. The van der Waals surface area contributed by atoms with E-state index >= 15 is 0 Å². The van der Waals surface area contributed by atoms with E-state index in [4.69, 9.17) is 9.47 Å². The van der Waals surface area contributed by atoms with Gasteiger partial charge in [-0.2, -0.15) is 0 Å². The van der Waals surface area contributed by atoms with Gasteiger partial charge in [0.05, 0.1) is 30.4 Å². The largest absolute Gasteiger partial charge is 0.497 e. The summed E-state index contributed by atoms with van der Waals surface area (Å²) in [5.74, 6) is -0.131. The number of anilines is 1. The summed E-state index contributed by atoms with van der Waals surface area (Å²) >= 11 is 0. The zero-order valence-electron chi connectivity index (χ0n) is 16.2. The second-order valence-corrected chi connectivity index (χ2v) is 6.24. The molecule has 0 spiro atoms. The SMILES string of the molecule is COc1cc(OC)cc(C(=O)Nc2ccc([N+](=O)[O-])cc2C(=O)c2ccccc2)c1. The van der Waals surface area contributed by atoms with Crippen molar-refractivity contribution in [2.75, 3.05) is 19.5 Å². The minimum absolute atomic E-state index is 0.0126.